The van der Waals surface area contributed by atoms with E-state index in [0.29, 0.717) is 22.9 Å². The lowest BCUT2D eigenvalue weighted by Gasteiger charge is -2.45. The molecular formula is C17H17N3O2. The number of benzene rings is 1. The molecule has 6 rings (SSSR count). The fourth-order valence-electron chi connectivity index (χ4n) is 6.66. The summed E-state index contributed by atoms with van der Waals surface area (Å²) in [4.78, 5) is 25.9. The number of hydrogen-bond donors (Lipinski definition) is 0. The molecule has 0 bridgehead atoms. The first-order valence-corrected chi connectivity index (χ1v) is 8.04. The molecule has 3 aliphatic carbocycles. The minimum Gasteiger partial charge on any atom is -0.245 e. The van der Waals surface area contributed by atoms with E-state index in [1.165, 1.54) is 4.57 Å². The van der Waals surface area contributed by atoms with Crippen molar-refractivity contribution in [3.63, 3.8) is 0 Å². The topological polar surface area (TPSA) is 48.9 Å². The first-order chi connectivity index (χ1) is 10.5. The normalized spacial score (nSPS) is 45.4. The summed E-state index contributed by atoms with van der Waals surface area (Å²) in [6, 6.07) is 9.72. The van der Waals surface area contributed by atoms with Crippen molar-refractivity contribution in [3.05, 3.63) is 51.3 Å². The van der Waals surface area contributed by atoms with Crippen LogP contribution in [0.3, 0.4) is 0 Å². The van der Waals surface area contributed by atoms with Gasteiger partial charge in [-0.25, -0.2) is 23.5 Å². The van der Waals surface area contributed by atoms with Gasteiger partial charge in [-0.3, -0.25) is 0 Å². The molecule has 1 aromatic heterocycles. The lowest BCUT2D eigenvalue weighted by atomic mass is 9.60. The van der Waals surface area contributed by atoms with Crippen LogP contribution in [0.2, 0.25) is 0 Å². The zero-order valence-electron chi connectivity index (χ0n) is 12.6. The molecule has 3 saturated carbocycles. The van der Waals surface area contributed by atoms with E-state index in [0.717, 1.165) is 6.42 Å². The second kappa shape index (κ2) is 2.90. The third-order valence-corrected chi connectivity index (χ3v) is 7.66. The molecule has 5 heteroatoms. The van der Waals surface area contributed by atoms with Gasteiger partial charge in [0.2, 0.25) is 0 Å². The van der Waals surface area contributed by atoms with E-state index < -0.39 is 0 Å². The minimum atomic E-state index is -0.164. The van der Waals surface area contributed by atoms with E-state index in [9.17, 15) is 9.59 Å². The standard InChI is InChI=1S/C17H17N3O2/c1-16-11-8-10-12(16)13(17(11,16)2)20-15(22)18(14(21)19(10)20)9-6-4-3-5-7-9/h3-7,10-13H,8H2,1-2H3. The van der Waals surface area contributed by atoms with Crippen LogP contribution in [-0.4, -0.2) is 13.9 Å². The average molecular weight is 295 g/mol. The Balaban J connectivity index is 1.65. The van der Waals surface area contributed by atoms with E-state index in [1.54, 1.807) is 9.36 Å². The fraction of sp³-hybridized carbons (Fsp3) is 0.529. The van der Waals surface area contributed by atoms with Gasteiger partial charge in [0.05, 0.1) is 17.8 Å². The van der Waals surface area contributed by atoms with Crippen molar-refractivity contribution >= 4 is 0 Å². The average Bonchev–Trinajstić information content (AvgIpc) is 2.85. The van der Waals surface area contributed by atoms with Crippen LogP contribution >= 0.6 is 0 Å². The quantitative estimate of drug-likeness (QED) is 0.802. The Morgan fingerprint density at radius 1 is 1.00 bits per heavy atom. The SMILES string of the molecule is CC12C3C4CC1C2(C)C3n1c(=O)n(-c2ccccc2)c(=O)n14. The number of para-hydroxylation sites is 1. The molecule has 112 valence electrons. The van der Waals surface area contributed by atoms with Crippen LogP contribution in [0, 0.1) is 22.7 Å². The summed E-state index contributed by atoms with van der Waals surface area (Å²) in [5.41, 5.74) is 0.936. The summed E-state index contributed by atoms with van der Waals surface area (Å²) < 4.78 is 4.91. The molecule has 6 unspecified atom stereocenters. The van der Waals surface area contributed by atoms with Gasteiger partial charge in [-0.2, -0.15) is 0 Å². The van der Waals surface area contributed by atoms with Crippen LogP contribution in [0.15, 0.2) is 39.9 Å². The Kier molecular flexibility index (Phi) is 1.52. The first kappa shape index (κ1) is 11.5. The molecule has 22 heavy (non-hydrogen) atoms. The predicted molar refractivity (Wildman–Crippen MR) is 80.2 cm³/mol. The first-order valence-electron chi connectivity index (χ1n) is 8.04. The molecule has 2 aromatic rings. The largest absolute Gasteiger partial charge is 0.352 e. The summed E-state index contributed by atoms with van der Waals surface area (Å²) in [5, 5.41) is 0. The van der Waals surface area contributed by atoms with Crippen molar-refractivity contribution in [3.8, 4) is 5.69 Å². The molecular weight excluding hydrogens is 278 g/mol. The summed E-state index contributed by atoms with van der Waals surface area (Å²) in [7, 11) is 0. The van der Waals surface area contributed by atoms with E-state index in [2.05, 4.69) is 13.8 Å². The monoisotopic (exact) mass is 295 g/mol. The van der Waals surface area contributed by atoms with E-state index >= 15 is 0 Å². The number of nitrogens with zero attached hydrogens (tertiary/aromatic N) is 3. The summed E-state index contributed by atoms with van der Waals surface area (Å²) in [6.07, 6.45) is 1.06. The smallest absolute Gasteiger partial charge is 0.245 e. The molecule has 0 amide bonds. The van der Waals surface area contributed by atoms with Gasteiger partial charge < -0.3 is 0 Å². The second-order valence-electron chi connectivity index (χ2n) is 7.82. The van der Waals surface area contributed by atoms with Crippen LogP contribution < -0.4 is 11.4 Å². The summed E-state index contributed by atoms with van der Waals surface area (Å²) in [6.45, 7) is 4.66. The zero-order chi connectivity index (χ0) is 15.0. The van der Waals surface area contributed by atoms with Crippen molar-refractivity contribution in [1.82, 2.24) is 13.9 Å². The highest BCUT2D eigenvalue weighted by Crippen LogP contribution is 2.96. The molecule has 6 atom stereocenters. The molecule has 0 spiro atoms. The Labute approximate surface area is 126 Å². The second-order valence-corrected chi connectivity index (χ2v) is 7.82. The molecule has 1 aliphatic heterocycles. The van der Waals surface area contributed by atoms with Gasteiger partial charge in [0.15, 0.2) is 0 Å². The Bertz CT molecular complexity index is 968. The highest BCUT2D eigenvalue weighted by molar-refractivity contribution is 5.41. The van der Waals surface area contributed by atoms with Gasteiger partial charge in [0, 0.05) is 5.92 Å². The molecule has 1 aromatic carbocycles. The maximum Gasteiger partial charge on any atom is 0.352 e. The van der Waals surface area contributed by atoms with E-state index in [-0.39, 0.29) is 28.9 Å². The molecule has 2 heterocycles. The van der Waals surface area contributed by atoms with E-state index in [4.69, 9.17) is 0 Å². The van der Waals surface area contributed by atoms with Gasteiger partial charge >= 0.3 is 11.4 Å². The molecule has 5 nitrogen and oxygen atoms in total. The number of fused-ring (bicyclic) bond motifs is 5. The number of hydrogen-bond acceptors (Lipinski definition) is 2. The molecule has 4 aliphatic rings. The molecule has 0 saturated heterocycles. The molecule has 0 N–H and O–H groups in total. The minimum absolute atomic E-state index is 0.162. The fourth-order valence-corrected chi connectivity index (χ4v) is 6.66. The zero-order valence-corrected chi connectivity index (χ0v) is 12.6. The van der Waals surface area contributed by atoms with E-state index in [1.807, 2.05) is 30.3 Å². The third-order valence-electron chi connectivity index (χ3n) is 7.66. The van der Waals surface area contributed by atoms with Crippen LogP contribution in [0.4, 0.5) is 0 Å². The van der Waals surface area contributed by atoms with Crippen molar-refractivity contribution < 1.29 is 0 Å². The Hall–Kier alpha value is -2.04. The molecule has 0 radical (unpaired) electrons. The van der Waals surface area contributed by atoms with Crippen LogP contribution in [0.5, 0.6) is 0 Å². The highest BCUT2D eigenvalue weighted by atomic mass is 16.2. The maximum atomic E-state index is 13.0. The summed E-state index contributed by atoms with van der Waals surface area (Å²) >= 11 is 0. The van der Waals surface area contributed by atoms with Crippen molar-refractivity contribution in [1.29, 1.82) is 0 Å². The molecule has 3 fully saturated rings. The van der Waals surface area contributed by atoms with Crippen molar-refractivity contribution in [2.24, 2.45) is 22.7 Å². The van der Waals surface area contributed by atoms with Crippen LogP contribution in [0.25, 0.3) is 5.69 Å². The lowest BCUT2D eigenvalue weighted by molar-refractivity contribution is 0.0167. The van der Waals surface area contributed by atoms with Gasteiger partial charge in [-0.15, -0.1) is 0 Å². The van der Waals surface area contributed by atoms with Gasteiger partial charge in [0.25, 0.3) is 0 Å². The number of aromatic nitrogens is 3. The predicted octanol–water partition coefficient (Wildman–Crippen LogP) is 1.57. The Morgan fingerprint density at radius 2 is 1.68 bits per heavy atom. The van der Waals surface area contributed by atoms with Crippen LogP contribution in [0.1, 0.15) is 32.4 Å². The van der Waals surface area contributed by atoms with Crippen molar-refractivity contribution in [2.75, 3.05) is 0 Å². The maximum absolute atomic E-state index is 13.0. The van der Waals surface area contributed by atoms with Crippen LogP contribution in [-0.2, 0) is 0 Å². The third kappa shape index (κ3) is 0.788. The highest BCUT2D eigenvalue weighted by Gasteiger charge is 2.93. The number of rotatable bonds is 1. The Morgan fingerprint density at radius 3 is 2.36 bits per heavy atom. The van der Waals surface area contributed by atoms with Gasteiger partial charge in [-0.1, -0.05) is 32.0 Å². The van der Waals surface area contributed by atoms with Gasteiger partial charge in [-0.05, 0) is 35.3 Å². The van der Waals surface area contributed by atoms with Crippen molar-refractivity contribution in [2.45, 2.75) is 32.4 Å². The summed E-state index contributed by atoms with van der Waals surface area (Å²) in [5.74, 6) is 1.18. The van der Waals surface area contributed by atoms with Gasteiger partial charge in [0.1, 0.15) is 0 Å². The lowest BCUT2D eigenvalue weighted by Crippen LogP contribution is -2.46.